The third kappa shape index (κ3) is 5.64. The van der Waals surface area contributed by atoms with Gasteiger partial charge < -0.3 is 4.74 Å². The molecule has 2 aromatic carbocycles. The molecule has 3 heteroatoms. The van der Waals surface area contributed by atoms with Crippen LogP contribution in [-0.2, 0) is 11.2 Å². The van der Waals surface area contributed by atoms with E-state index < -0.39 is 0 Å². The van der Waals surface area contributed by atoms with Crippen LogP contribution in [0.3, 0.4) is 0 Å². The van der Waals surface area contributed by atoms with Crippen LogP contribution in [0, 0.1) is 0 Å². The number of hydrogen-bond donors (Lipinski definition) is 0. The van der Waals surface area contributed by atoms with Crippen molar-refractivity contribution in [2.45, 2.75) is 25.7 Å². The summed E-state index contributed by atoms with van der Waals surface area (Å²) in [6, 6.07) is 17.7. The van der Waals surface area contributed by atoms with Crippen molar-refractivity contribution in [1.29, 1.82) is 0 Å². The quantitative estimate of drug-likeness (QED) is 0.407. The SMILES string of the molecule is O=C=Nc1ccc(OCCCCCc2ccccc2)cc1. The van der Waals surface area contributed by atoms with E-state index in [1.807, 2.05) is 18.2 Å². The molecule has 108 valence electrons. The molecule has 0 amide bonds. The molecule has 0 radical (unpaired) electrons. The highest BCUT2D eigenvalue weighted by Gasteiger charge is 1.96. The highest BCUT2D eigenvalue weighted by Crippen LogP contribution is 2.17. The third-order valence-corrected chi connectivity index (χ3v) is 3.23. The smallest absolute Gasteiger partial charge is 0.240 e. The predicted molar refractivity (Wildman–Crippen MR) is 83.7 cm³/mol. The molecule has 0 aliphatic rings. The van der Waals surface area contributed by atoms with Crippen LogP contribution in [0.15, 0.2) is 59.6 Å². The van der Waals surface area contributed by atoms with Crippen molar-refractivity contribution in [1.82, 2.24) is 0 Å². The zero-order valence-corrected chi connectivity index (χ0v) is 12.0. The molecule has 2 aromatic rings. The molecule has 0 bridgehead atoms. The van der Waals surface area contributed by atoms with E-state index in [1.54, 1.807) is 12.1 Å². The maximum Gasteiger partial charge on any atom is 0.240 e. The van der Waals surface area contributed by atoms with Crippen LogP contribution < -0.4 is 4.74 Å². The summed E-state index contributed by atoms with van der Waals surface area (Å²) in [6.45, 7) is 0.713. The van der Waals surface area contributed by atoms with Crippen molar-refractivity contribution < 1.29 is 9.53 Å². The number of aliphatic imine (C=N–C) groups is 1. The molecule has 0 spiro atoms. The number of ether oxygens (including phenoxy) is 1. The Balaban J connectivity index is 1.60. The van der Waals surface area contributed by atoms with Gasteiger partial charge in [-0.3, -0.25) is 0 Å². The molecule has 2 rings (SSSR count). The van der Waals surface area contributed by atoms with Gasteiger partial charge in [0, 0.05) is 0 Å². The van der Waals surface area contributed by atoms with E-state index in [9.17, 15) is 4.79 Å². The Bertz CT molecular complexity index is 572. The Morgan fingerprint density at radius 1 is 0.905 bits per heavy atom. The van der Waals surface area contributed by atoms with Gasteiger partial charge in [0.1, 0.15) is 5.75 Å². The van der Waals surface area contributed by atoms with Crippen LogP contribution in [0.5, 0.6) is 5.75 Å². The number of aryl methyl sites for hydroxylation is 1. The fourth-order valence-electron chi connectivity index (χ4n) is 2.11. The molecule has 0 aromatic heterocycles. The lowest BCUT2D eigenvalue weighted by Crippen LogP contribution is -1.97. The van der Waals surface area contributed by atoms with Crippen LogP contribution in [0.4, 0.5) is 5.69 Å². The topological polar surface area (TPSA) is 38.7 Å². The van der Waals surface area contributed by atoms with Crippen LogP contribution in [0.1, 0.15) is 24.8 Å². The van der Waals surface area contributed by atoms with Gasteiger partial charge in [0.15, 0.2) is 0 Å². The minimum atomic E-state index is 0.597. The second-order valence-electron chi connectivity index (χ2n) is 4.84. The van der Waals surface area contributed by atoms with Gasteiger partial charge in [-0.15, -0.1) is 0 Å². The van der Waals surface area contributed by atoms with Crippen molar-refractivity contribution in [3.8, 4) is 5.75 Å². The van der Waals surface area contributed by atoms with Crippen molar-refractivity contribution >= 4 is 11.8 Å². The zero-order chi connectivity index (χ0) is 14.8. The highest BCUT2D eigenvalue weighted by molar-refractivity contribution is 5.49. The predicted octanol–water partition coefficient (Wildman–Crippen LogP) is 4.45. The molecular formula is C18H19NO2. The number of nitrogens with zero attached hydrogens (tertiary/aromatic N) is 1. The zero-order valence-electron chi connectivity index (χ0n) is 12.0. The third-order valence-electron chi connectivity index (χ3n) is 3.23. The number of hydrogen-bond acceptors (Lipinski definition) is 3. The number of carbonyl (C=O) groups excluding carboxylic acids is 1. The standard InChI is InChI=1S/C18H19NO2/c20-15-19-17-10-12-18(13-11-17)21-14-6-2-5-9-16-7-3-1-4-8-16/h1,3-4,7-8,10-13H,2,5-6,9,14H2. The van der Waals surface area contributed by atoms with Crippen molar-refractivity contribution in [3.63, 3.8) is 0 Å². The van der Waals surface area contributed by atoms with E-state index in [-0.39, 0.29) is 0 Å². The van der Waals surface area contributed by atoms with Crippen molar-refractivity contribution in [3.05, 3.63) is 60.2 Å². The number of rotatable bonds is 8. The highest BCUT2D eigenvalue weighted by atomic mass is 16.5. The minimum absolute atomic E-state index is 0.597. The first-order chi connectivity index (χ1) is 10.4. The maximum atomic E-state index is 10.1. The average molecular weight is 281 g/mol. The lowest BCUT2D eigenvalue weighted by Gasteiger charge is -2.06. The summed E-state index contributed by atoms with van der Waals surface area (Å²) < 4.78 is 5.65. The van der Waals surface area contributed by atoms with Gasteiger partial charge in [0.05, 0.1) is 12.3 Å². The summed E-state index contributed by atoms with van der Waals surface area (Å²) in [4.78, 5) is 13.6. The van der Waals surface area contributed by atoms with Gasteiger partial charge in [-0.05, 0) is 55.5 Å². The number of benzene rings is 2. The fraction of sp³-hybridized carbons (Fsp3) is 0.278. The molecule has 0 atom stereocenters. The average Bonchev–Trinajstić information content (AvgIpc) is 2.53. The lowest BCUT2D eigenvalue weighted by atomic mass is 10.1. The Morgan fingerprint density at radius 3 is 2.38 bits per heavy atom. The van der Waals surface area contributed by atoms with E-state index in [0.717, 1.165) is 25.0 Å². The van der Waals surface area contributed by atoms with Crippen LogP contribution in [0.25, 0.3) is 0 Å². The Hall–Kier alpha value is -2.38. The van der Waals surface area contributed by atoms with Gasteiger partial charge in [-0.2, -0.15) is 4.99 Å². The molecule has 0 saturated heterocycles. The first-order valence-corrected chi connectivity index (χ1v) is 7.23. The molecule has 0 saturated carbocycles. The molecule has 0 N–H and O–H groups in total. The number of isocyanates is 1. The maximum absolute atomic E-state index is 10.1. The summed E-state index contributed by atoms with van der Waals surface area (Å²) in [5.74, 6) is 0.808. The summed E-state index contributed by atoms with van der Waals surface area (Å²) in [6.07, 6.45) is 6.02. The molecule has 0 aliphatic carbocycles. The molecule has 0 heterocycles. The molecule has 0 unspecified atom stereocenters. The normalized spacial score (nSPS) is 9.90. The van der Waals surface area contributed by atoms with Gasteiger partial charge in [0.2, 0.25) is 6.08 Å². The largest absolute Gasteiger partial charge is 0.494 e. The molecular weight excluding hydrogens is 262 g/mol. The van der Waals surface area contributed by atoms with E-state index in [1.165, 1.54) is 18.1 Å². The lowest BCUT2D eigenvalue weighted by molar-refractivity contribution is 0.305. The second-order valence-corrected chi connectivity index (χ2v) is 4.84. The molecule has 3 nitrogen and oxygen atoms in total. The van der Waals surface area contributed by atoms with Gasteiger partial charge in [-0.25, -0.2) is 4.79 Å². The summed E-state index contributed by atoms with van der Waals surface area (Å²) in [5, 5.41) is 0. The first-order valence-electron chi connectivity index (χ1n) is 7.23. The Kier molecular flexibility index (Phi) is 6.24. The van der Waals surface area contributed by atoms with Crippen LogP contribution in [-0.4, -0.2) is 12.7 Å². The minimum Gasteiger partial charge on any atom is -0.494 e. The van der Waals surface area contributed by atoms with Crippen LogP contribution >= 0.6 is 0 Å². The molecule has 21 heavy (non-hydrogen) atoms. The first kappa shape index (κ1) is 15.0. The molecule has 0 aliphatic heterocycles. The number of unbranched alkanes of at least 4 members (excludes halogenated alkanes) is 2. The fourth-order valence-corrected chi connectivity index (χ4v) is 2.11. The Morgan fingerprint density at radius 2 is 1.67 bits per heavy atom. The van der Waals surface area contributed by atoms with Crippen LogP contribution in [0.2, 0.25) is 0 Å². The van der Waals surface area contributed by atoms with E-state index >= 15 is 0 Å². The van der Waals surface area contributed by atoms with Gasteiger partial charge >= 0.3 is 0 Å². The van der Waals surface area contributed by atoms with Gasteiger partial charge in [-0.1, -0.05) is 30.3 Å². The second kappa shape index (κ2) is 8.72. The summed E-state index contributed by atoms with van der Waals surface area (Å²) in [7, 11) is 0. The van der Waals surface area contributed by atoms with Crippen molar-refractivity contribution in [2.24, 2.45) is 4.99 Å². The Labute approximate surface area is 125 Å². The van der Waals surface area contributed by atoms with E-state index in [0.29, 0.717) is 12.3 Å². The van der Waals surface area contributed by atoms with Crippen molar-refractivity contribution in [2.75, 3.05) is 6.61 Å². The van der Waals surface area contributed by atoms with E-state index in [2.05, 4.69) is 29.3 Å². The monoisotopic (exact) mass is 281 g/mol. The van der Waals surface area contributed by atoms with Gasteiger partial charge in [0.25, 0.3) is 0 Å². The summed E-state index contributed by atoms with van der Waals surface area (Å²) in [5.41, 5.74) is 1.99. The summed E-state index contributed by atoms with van der Waals surface area (Å²) >= 11 is 0. The molecule has 0 fully saturated rings. The van der Waals surface area contributed by atoms with E-state index in [4.69, 9.17) is 4.74 Å².